The van der Waals surface area contributed by atoms with E-state index in [0.717, 1.165) is 31.1 Å². The molecule has 0 aliphatic rings. The van der Waals surface area contributed by atoms with Crippen molar-refractivity contribution in [1.82, 2.24) is 10.2 Å². The molecule has 1 rings (SSSR count). The number of halogens is 1. The molecule has 0 spiro atoms. The largest absolute Gasteiger partial charge is 0.311 e. The summed E-state index contributed by atoms with van der Waals surface area (Å²) in [5, 5.41) is 4.42. The average molecular weight is 269 g/mol. The lowest BCUT2D eigenvalue weighted by molar-refractivity contribution is 0.293. The zero-order valence-electron chi connectivity index (χ0n) is 12.0. The van der Waals surface area contributed by atoms with Crippen LogP contribution < -0.4 is 5.32 Å². The van der Waals surface area contributed by atoms with Gasteiger partial charge < -0.3 is 10.2 Å². The number of hydrogen-bond acceptors (Lipinski definition) is 2. The highest BCUT2D eigenvalue weighted by Crippen LogP contribution is 2.16. The van der Waals surface area contributed by atoms with Gasteiger partial charge in [0.2, 0.25) is 0 Å². The van der Waals surface area contributed by atoms with E-state index >= 15 is 0 Å². The normalized spacial score (nSPS) is 12.1. The molecule has 0 saturated heterocycles. The molecule has 18 heavy (non-hydrogen) atoms. The van der Waals surface area contributed by atoms with E-state index in [4.69, 9.17) is 11.6 Å². The van der Waals surface area contributed by atoms with E-state index in [2.05, 4.69) is 44.1 Å². The first-order valence-corrected chi connectivity index (χ1v) is 6.99. The maximum absolute atomic E-state index is 6.16. The predicted octanol–water partition coefficient (Wildman–Crippen LogP) is 3.55. The highest BCUT2D eigenvalue weighted by atomic mass is 35.5. The molecule has 0 heterocycles. The lowest BCUT2D eigenvalue weighted by Gasteiger charge is -2.26. The van der Waals surface area contributed by atoms with Crippen LogP contribution in [0.25, 0.3) is 0 Å². The standard InChI is InChI=1S/C15H25ClN2/c1-5-15(2,3)17-10-11-18(4)12-13-8-6-7-9-14(13)16/h6-9,17H,5,10-12H2,1-4H3. The minimum absolute atomic E-state index is 0.227. The van der Waals surface area contributed by atoms with Crippen LogP contribution in [-0.2, 0) is 6.54 Å². The van der Waals surface area contributed by atoms with Gasteiger partial charge in [0.1, 0.15) is 0 Å². The van der Waals surface area contributed by atoms with Crippen LogP contribution in [0.15, 0.2) is 24.3 Å². The molecule has 0 aromatic heterocycles. The Morgan fingerprint density at radius 2 is 1.94 bits per heavy atom. The molecule has 1 N–H and O–H groups in total. The number of benzene rings is 1. The number of rotatable bonds is 7. The fourth-order valence-corrected chi connectivity index (χ4v) is 1.90. The molecule has 0 fully saturated rings. The Balaban J connectivity index is 2.34. The monoisotopic (exact) mass is 268 g/mol. The SMILES string of the molecule is CCC(C)(C)NCCN(C)Cc1ccccc1Cl. The summed E-state index contributed by atoms with van der Waals surface area (Å²) in [7, 11) is 2.13. The summed E-state index contributed by atoms with van der Waals surface area (Å²) >= 11 is 6.16. The van der Waals surface area contributed by atoms with Crippen molar-refractivity contribution in [3.05, 3.63) is 34.9 Å². The van der Waals surface area contributed by atoms with Gasteiger partial charge in [-0.3, -0.25) is 0 Å². The molecule has 3 heteroatoms. The Morgan fingerprint density at radius 3 is 2.56 bits per heavy atom. The summed E-state index contributed by atoms with van der Waals surface area (Å²) < 4.78 is 0. The topological polar surface area (TPSA) is 15.3 Å². The van der Waals surface area contributed by atoms with Crippen molar-refractivity contribution in [2.75, 3.05) is 20.1 Å². The van der Waals surface area contributed by atoms with Crippen LogP contribution in [0.5, 0.6) is 0 Å². The third-order valence-corrected chi connectivity index (χ3v) is 3.75. The summed E-state index contributed by atoms with van der Waals surface area (Å²) in [5.41, 5.74) is 1.42. The van der Waals surface area contributed by atoms with Crippen LogP contribution in [0.1, 0.15) is 32.8 Å². The number of nitrogens with one attached hydrogen (secondary N) is 1. The molecule has 102 valence electrons. The van der Waals surface area contributed by atoms with Crippen molar-refractivity contribution in [3.8, 4) is 0 Å². The number of nitrogens with zero attached hydrogens (tertiary/aromatic N) is 1. The van der Waals surface area contributed by atoms with Crippen molar-refractivity contribution in [2.45, 2.75) is 39.3 Å². The second kappa shape index (κ2) is 7.13. The van der Waals surface area contributed by atoms with Crippen LogP contribution in [-0.4, -0.2) is 30.6 Å². The van der Waals surface area contributed by atoms with E-state index < -0.39 is 0 Å². The first-order valence-electron chi connectivity index (χ1n) is 6.61. The molecule has 0 bridgehead atoms. The first-order chi connectivity index (χ1) is 8.44. The van der Waals surface area contributed by atoms with Crippen LogP contribution in [0.2, 0.25) is 5.02 Å². The molecule has 0 aliphatic carbocycles. The predicted molar refractivity (Wildman–Crippen MR) is 80.2 cm³/mol. The molecule has 0 radical (unpaired) electrons. The van der Waals surface area contributed by atoms with Crippen molar-refractivity contribution < 1.29 is 0 Å². The van der Waals surface area contributed by atoms with Gasteiger partial charge in [0.15, 0.2) is 0 Å². The van der Waals surface area contributed by atoms with Crippen LogP contribution >= 0.6 is 11.6 Å². The molecule has 0 atom stereocenters. The van der Waals surface area contributed by atoms with Gasteiger partial charge in [-0.2, -0.15) is 0 Å². The highest BCUT2D eigenvalue weighted by Gasteiger charge is 2.13. The molecule has 1 aromatic rings. The maximum atomic E-state index is 6.16. The van der Waals surface area contributed by atoms with Crippen LogP contribution in [0.3, 0.4) is 0 Å². The van der Waals surface area contributed by atoms with E-state index in [1.54, 1.807) is 0 Å². The van der Waals surface area contributed by atoms with Gasteiger partial charge in [-0.05, 0) is 38.9 Å². The number of hydrogen-bond donors (Lipinski definition) is 1. The molecular weight excluding hydrogens is 244 g/mol. The van der Waals surface area contributed by atoms with Gasteiger partial charge in [-0.15, -0.1) is 0 Å². The van der Waals surface area contributed by atoms with Gasteiger partial charge in [0.25, 0.3) is 0 Å². The molecule has 2 nitrogen and oxygen atoms in total. The summed E-state index contributed by atoms with van der Waals surface area (Å²) in [5.74, 6) is 0. The lowest BCUT2D eigenvalue weighted by atomic mass is 10.0. The second-order valence-corrected chi connectivity index (χ2v) is 5.90. The Morgan fingerprint density at radius 1 is 1.28 bits per heavy atom. The first kappa shape index (κ1) is 15.5. The van der Waals surface area contributed by atoms with Crippen LogP contribution in [0, 0.1) is 0 Å². The Bertz CT molecular complexity index is 363. The molecule has 1 aromatic carbocycles. The fourth-order valence-electron chi connectivity index (χ4n) is 1.71. The lowest BCUT2D eigenvalue weighted by Crippen LogP contribution is -2.42. The molecule has 0 unspecified atom stereocenters. The van der Waals surface area contributed by atoms with Crippen molar-refractivity contribution in [2.24, 2.45) is 0 Å². The van der Waals surface area contributed by atoms with Gasteiger partial charge in [-0.1, -0.05) is 36.7 Å². The molecular formula is C15H25ClN2. The Hall–Kier alpha value is -0.570. The summed E-state index contributed by atoms with van der Waals surface area (Å²) in [6.07, 6.45) is 1.14. The van der Waals surface area contributed by atoms with Crippen molar-refractivity contribution >= 4 is 11.6 Å². The fraction of sp³-hybridized carbons (Fsp3) is 0.600. The zero-order valence-corrected chi connectivity index (χ0v) is 12.7. The summed E-state index contributed by atoms with van der Waals surface area (Å²) in [4.78, 5) is 2.29. The smallest absolute Gasteiger partial charge is 0.0451 e. The second-order valence-electron chi connectivity index (χ2n) is 5.49. The van der Waals surface area contributed by atoms with Crippen molar-refractivity contribution in [3.63, 3.8) is 0 Å². The van der Waals surface area contributed by atoms with Crippen molar-refractivity contribution in [1.29, 1.82) is 0 Å². The Labute approximate surface area is 116 Å². The van der Waals surface area contributed by atoms with Gasteiger partial charge in [-0.25, -0.2) is 0 Å². The molecule has 0 aliphatic heterocycles. The summed E-state index contributed by atoms with van der Waals surface area (Å²) in [6, 6.07) is 8.04. The third kappa shape index (κ3) is 5.38. The van der Waals surface area contributed by atoms with Gasteiger partial charge in [0, 0.05) is 30.2 Å². The van der Waals surface area contributed by atoms with Gasteiger partial charge >= 0.3 is 0 Å². The molecule has 0 saturated carbocycles. The average Bonchev–Trinajstić information content (AvgIpc) is 2.32. The van der Waals surface area contributed by atoms with E-state index in [1.807, 2.05) is 18.2 Å². The van der Waals surface area contributed by atoms with E-state index in [9.17, 15) is 0 Å². The van der Waals surface area contributed by atoms with E-state index in [0.29, 0.717) is 0 Å². The molecule has 0 amide bonds. The summed E-state index contributed by atoms with van der Waals surface area (Å²) in [6.45, 7) is 9.60. The minimum Gasteiger partial charge on any atom is -0.311 e. The Kier molecular flexibility index (Phi) is 6.13. The highest BCUT2D eigenvalue weighted by molar-refractivity contribution is 6.31. The number of likely N-dealkylation sites (N-methyl/N-ethyl adjacent to an activating group) is 1. The van der Waals surface area contributed by atoms with E-state index in [-0.39, 0.29) is 5.54 Å². The van der Waals surface area contributed by atoms with E-state index in [1.165, 1.54) is 5.56 Å². The quantitative estimate of drug-likeness (QED) is 0.814. The minimum atomic E-state index is 0.227. The van der Waals surface area contributed by atoms with Crippen LogP contribution in [0.4, 0.5) is 0 Å². The third-order valence-electron chi connectivity index (χ3n) is 3.38. The maximum Gasteiger partial charge on any atom is 0.0451 e. The van der Waals surface area contributed by atoms with Gasteiger partial charge in [0.05, 0.1) is 0 Å². The zero-order chi connectivity index (χ0) is 13.6.